The molecule has 0 saturated heterocycles. The van der Waals surface area contributed by atoms with Gasteiger partial charge in [-0.15, -0.1) is 0 Å². The lowest BCUT2D eigenvalue weighted by molar-refractivity contribution is -0.106. The SMILES string of the molecule is FC1(F)CC(CNc2ccncc2Br)C1. The van der Waals surface area contributed by atoms with Crippen LogP contribution in [0.2, 0.25) is 0 Å². The number of pyridine rings is 1. The molecule has 1 aromatic heterocycles. The first-order chi connectivity index (χ1) is 7.07. The monoisotopic (exact) mass is 276 g/mol. The summed E-state index contributed by atoms with van der Waals surface area (Å²) in [4.78, 5) is 3.92. The Morgan fingerprint density at radius 1 is 1.53 bits per heavy atom. The minimum atomic E-state index is -2.43. The Labute approximate surface area is 95.2 Å². The fourth-order valence-corrected chi connectivity index (χ4v) is 2.09. The molecule has 1 aromatic rings. The van der Waals surface area contributed by atoms with Crippen LogP contribution in [0.15, 0.2) is 22.9 Å². The van der Waals surface area contributed by atoms with E-state index in [1.165, 1.54) is 0 Å². The highest BCUT2D eigenvalue weighted by Crippen LogP contribution is 2.42. The third-order valence-electron chi connectivity index (χ3n) is 2.53. The molecule has 1 N–H and O–H groups in total. The number of alkyl halides is 2. The van der Waals surface area contributed by atoms with E-state index in [1.807, 2.05) is 6.07 Å². The second kappa shape index (κ2) is 4.04. The summed E-state index contributed by atoms with van der Waals surface area (Å²) in [7, 11) is 0. The smallest absolute Gasteiger partial charge is 0.248 e. The third kappa shape index (κ3) is 2.65. The van der Waals surface area contributed by atoms with E-state index in [-0.39, 0.29) is 18.8 Å². The van der Waals surface area contributed by atoms with Crippen LogP contribution in [-0.4, -0.2) is 17.5 Å². The summed E-state index contributed by atoms with van der Waals surface area (Å²) in [5.74, 6) is -2.35. The quantitative estimate of drug-likeness (QED) is 0.916. The number of aromatic nitrogens is 1. The fraction of sp³-hybridized carbons (Fsp3) is 0.500. The topological polar surface area (TPSA) is 24.9 Å². The Balaban J connectivity index is 1.82. The normalized spacial score (nSPS) is 19.7. The highest BCUT2D eigenvalue weighted by Gasteiger charge is 2.44. The average molecular weight is 277 g/mol. The zero-order chi connectivity index (χ0) is 10.9. The van der Waals surface area contributed by atoms with E-state index >= 15 is 0 Å². The van der Waals surface area contributed by atoms with Gasteiger partial charge in [0.05, 0.1) is 10.2 Å². The lowest BCUT2D eigenvalue weighted by Crippen LogP contribution is -2.39. The van der Waals surface area contributed by atoms with Crippen molar-refractivity contribution in [1.29, 1.82) is 0 Å². The van der Waals surface area contributed by atoms with Crippen LogP contribution in [0.25, 0.3) is 0 Å². The van der Waals surface area contributed by atoms with E-state index in [1.54, 1.807) is 12.4 Å². The van der Waals surface area contributed by atoms with Crippen molar-refractivity contribution in [1.82, 2.24) is 4.98 Å². The van der Waals surface area contributed by atoms with Gasteiger partial charge in [0.15, 0.2) is 0 Å². The van der Waals surface area contributed by atoms with Crippen molar-refractivity contribution in [3.05, 3.63) is 22.9 Å². The maximum atomic E-state index is 12.5. The van der Waals surface area contributed by atoms with Gasteiger partial charge in [0.1, 0.15) is 0 Å². The second-order valence-electron chi connectivity index (χ2n) is 3.87. The van der Waals surface area contributed by atoms with E-state index in [0.717, 1.165) is 10.2 Å². The molecule has 0 unspecified atom stereocenters. The van der Waals surface area contributed by atoms with Crippen LogP contribution < -0.4 is 5.32 Å². The molecule has 5 heteroatoms. The van der Waals surface area contributed by atoms with E-state index in [4.69, 9.17) is 0 Å². The molecule has 0 aromatic carbocycles. The first kappa shape index (κ1) is 10.8. The Hall–Kier alpha value is -0.710. The molecule has 0 amide bonds. The van der Waals surface area contributed by atoms with E-state index in [0.29, 0.717) is 6.54 Å². The highest BCUT2D eigenvalue weighted by molar-refractivity contribution is 9.10. The van der Waals surface area contributed by atoms with Gasteiger partial charge in [-0.2, -0.15) is 0 Å². The van der Waals surface area contributed by atoms with Gasteiger partial charge in [-0.05, 0) is 27.9 Å². The van der Waals surface area contributed by atoms with Crippen LogP contribution in [0.1, 0.15) is 12.8 Å². The summed E-state index contributed by atoms with van der Waals surface area (Å²) in [5.41, 5.74) is 0.903. The first-order valence-electron chi connectivity index (χ1n) is 4.78. The van der Waals surface area contributed by atoms with Crippen molar-refractivity contribution >= 4 is 21.6 Å². The van der Waals surface area contributed by atoms with E-state index < -0.39 is 5.92 Å². The summed E-state index contributed by atoms with van der Waals surface area (Å²) in [5, 5.41) is 3.13. The van der Waals surface area contributed by atoms with E-state index in [9.17, 15) is 8.78 Å². The van der Waals surface area contributed by atoms with Crippen molar-refractivity contribution in [2.45, 2.75) is 18.8 Å². The number of nitrogens with zero attached hydrogens (tertiary/aromatic N) is 1. The zero-order valence-electron chi connectivity index (χ0n) is 8.01. The van der Waals surface area contributed by atoms with Crippen LogP contribution in [-0.2, 0) is 0 Å². The molecule has 0 atom stereocenters. The second-order valence-corrected chi connectivity index (χ2v) is 4.72. The van der Waals surface area contributed by atoms with Gasteiger partial charge >= 0.3 is 0 Å². The third-order valence-corrected chi connectivity index (χ3v) is 3.16. The molecule has 2 nitrogen and oxygen atoms in total. The summed E-state index contributed by atoms with van der Waals surface area (Å²) in [6, 6.07) is 1.82. The minimum Gasteiger partial charge on any atom is -0.384 e. The molecule has 1 heterocycles. The molecule has 1 fully saturated rings. The molecule has 0 spiro atoms. The molecule has 0 aliphatic heterocycles. The molecule has 15 heavy (non-hydrogen) atoms. The standard InChI is InChI=1S/C10H11BrF2N2/c11-8-6-14-2-1-9(8)15-5-7-3-10(12,13)4-7/h1-2,6-7H,3-5H2,(H,14,15). The number of hydrogen-bond donors (Lipinski definition) is 1. The number of anilines is 1. The van der Waals surface area contributed by atoms with Gasteiger partial charge in [-0.3, -0.25) is 4.98 Å². The van der Waals surface area contributed by atoms with Crippen molar-refractivity contribution < 1.29 is 8.78 Å². The van der Waals surface area contributed by atoms with Crippen LogP contribution in [0.4, 0.5) is 14.5 Å². The lowest BCUT2D eigenvalue weighted by atomic mass is 9.81. The Bertz CT molecular complexity index is 349. The van der Waals surface area contributed by atoms with Crippen LogP contribution >= 0.6 is 15.9 Å². The summed E-state index contributed by atoms with van der Waals surface area (Å²) in [6.07, 6.45) is 3.35. The van der Waals surface area contributed by atoms with Crippen LogP contribution in [0.5, 0.6) is 0 Å². The molecule has 82 valence electrons. The van der Waals surface area contributed by atoms with Crippen LogP contribution in [0, 0.1) is 5.92 Å². The van der Waals surface area contributed by atoms with Crippen LogP contribution in [0.3, 0.4) is 0 Å². The predicted molar refractivity (Wildman–Crippen MR) is 58.1 cm³/mol. The van der Waals surface area contributed by atoms with Crippen molar-refractivity contribution in [3.8, 4) is 0 Å². The lowest BCUT2D eigenvalue weighted by Gasteiger charge is -2.35. The van der Waals surface area contributed by atoms with Gasteiger partial charge in [0.25, 0.3) is 0 Å². The summed E-state index contributed by atoms with van der Waals surface area (Å²) < 4.78 is 26.0. The molecular formula is C10H11BrF2N2. The molecule has 1 saturated carbocycles. The minimum absolute atomic E-state index is 0.00268. The molecule has 2 rings (SSSR count). The fourth-order valence-electron chi connectivity index (χ4n) is 1.70. The number of rotatable bonds is 3. The van der Waals surface area contributed by atoms with E-state index in [2.05, 4.69) is 26.2 Å². The first-order valence-corrected chi connectivity index (χ1v) is 5.57. The largest absolute Gasteiger partial charge is 0.384 e. The molecule has 1 aliphatic carbocycles. The molecular weight excluding hydrogens is 266 g/mol. The highest BCUT2D eigenvalue weighted by atomic mass is 79.9. The van der Waals surface area contributed by atoms with Gasteiger partial charge < -0.3 is 5.32 Å². The Morgan fingerprint density at radius 2 is 2.27 bits per heavy atom. The van der Waals surface area contributed by atoms with Gasteiger partial charge in [-0.25, -0.2) is 8.78 Å². The zero-order valence-corrected chi connectivity index (χ0v) is 9.60. The molecule has 0 bridgehead atoms. The van der Waals surface area contributed by atoms with Gasteiger partial charge in [-0.1, -0.05) is 0 Å². The van der Waals surface area contributed by atoms with Crippen molar-refractivity contribution in [2.75, 3.05) is 11.9 Å². The Morgan fingerprint density at radius 3 is 2.87 bits per heavy atom. The maximum absolute atomic E-state index is 12.5. The summed E-state index contributed by atoms with van der Waals surface area (Å²) in [6.45, 7) is 0.595. The number of hydrogen-bond acceptors (Lipinski definition) is 2. The molecule has 1 aliphatic rings. The number of nitrogens with one attached hydrogen (secondary N) is 1. The van der Waals surface area contributed by atoms with Gasteiger partial charge in [0, 0.05) is 31.8 Å². The van der Waals surface area contributed by atoms with Gasteiger partial charge in [0.2, 0.25) is 5.92 Å². The Kier molecular flexibility index (Phi) is 2.91. The number of halogens is 3. The summed E-state index contributed by atoms with van der Waals surface area (Å²) >= 11 is 3.34. The molecule has 0 radical (unpaired) electrons. The average Bonchev–Trinajstić information content (AvgIpc) is 2.13. The maximum Gasteiger partial charge on any atom is 0.248 e. The predicted octanol–water partition coefficient (Wildman–Crippen LogP) is 3.30. The van der Waals surface area contributed by atoms with Crippen molar-refractivity contribution in [2.24, 2.45) is 5.92 Å². The van der Waals surface area contributed by atoms with Crippen molar-refractivity contribution in [3.63, 3.8) is 0 Å².